The van der Waals surface area contributed by atoms with Gasteiger partial charge < -0.3 is 24.3 Å². The van der Waals surface area contributed by atoms with Crippen molar-refractivity contribution < 1.29 is 38.1 Å². The van der Waals surface area contributed by atoms with Gasteiger partial charge in [0.2, 0.25) is 5.91 Å². The number of anilines is 1. The minimum absolute atomic E-state index is 0.0143. The second kappa shape index (κ2) is 26.7. The quantitative estimate of drug-likeness (QED) is 0.0204. The van der Waals surface area contributed by atoms with E-state index in [4.69, 9.17) is 23.9 Å². The van der Waals surface area contributed by atoms with Gasteiger partial charge in [-0.2, -0.15) is 0 Å². The van der Waals surface area contributed by atoms with Crippen molar-refractivity contribution in [3.05, 3.63) is 233 Å². The van der Waals surface area contributed by atoms with Gasteiger partial charge in [0.15, 0.2) is 0 Å². The largest absolute Gasteiger partial charge is 0.497 e. The number of allylic oxidation sites excluding steroid dienone is 1. The molecule has 0 aliphatic heterocycles. The summed E-state index contributed by atoms with van der Waals surface area (Å²) >= 11 is 1.81. The number of alkyl carbamates (subject to hydrolysis) is 1. The Balaban J connectivity index is 0.999. The molecule has 6 aromatic carbocycles. The third kappa shape index (κ3) is 13.9. The SMILES string of the molecule is COC(=O)CN(Cc1ccc(OC)cc1)Cc1cccc(N(C)C(=O)C[C@@H](/C=C/CCSC(c2ccccc2)(c2ccccc2)c2ccccc2)OC(=O)[C@H](NC(=O)OCC2c3ccccc3-c3ccccc32)C(C)C)n1. The first kappa shape index (κ1) is 55.2. The van der Waals surface area contributed by atoms with Gasteiger partial charge in [0, 0.05) is 26.1 Å². The number of rotatable bonds is 24. The molecular formula is C64H66N4O8S. The van der Waals surface area contributed by atoms with Crippen LogP contribution in [0.15, 0.2) is 194 Å². The Morgan fingerprint density at radius 1 is 0.701 bits per heavy atom. The highest BCUT2D eigenvalue weighted by Crippen LogP contribution is 2.49. The zero-order valence-corrected chi connectivity index (χ0v) is 45.1. The van der Waals surface area contributed by atoms with Crippen LogP contribution in [0.2, 0.25) is 0 Å². The van der Waals surface area contributed by atoms with Crippen molar-refractivity contribution in [2.45, 2.75) is 62.6 Å². The zero-order valence-electron chi connectivity index (χ0n) is 44.3. The molecule has 2 atom stereocenters. The standard InChI is InChI=1S/C64H66N4O8S/c1-45(2)61(66-63(72)75-44-57-55-32-17-15-30-53(55)54-31-16-18-33-56(54)57)62(71)76-52(29-19-20-39-77-64(47-22-9-6-10-23-47,48-24-11-7-12-25-48)49-26-13-8-14-27-49)40-59(69)67(3)58-34-21-28-50(65-58)42-68(43-60(70)74-5)41-46-35-37-51(73-4)38-36-46/h6-19,21-38,45,52,57,61H,20,39-44H2,1-5H3,(H,66,72)/b29-19+/t52-,61-/m1/s1. The number of hydrogen-bond donors (Lipinski definition) is 1. The fourth-order valence-corrected chi connectivity index (χ4v) is 11.2. The fourth-order valence-electron chi connectivity index (χ4n) is 9.74. The number of pyridine rings is 1. The molecule has 2 amide bonds. The van der Waals surface area contributed by atoms with E-state index in [2.05, 4.69) is 90.2 Å². The third-order valence-corrected chi connectivity index (χ3v) is 15.3. The second-order valence-corrected chi connectivity index (χ2v) is 20.5. The van der Waals surface area contributed by atoms with Gasteiger partial charge in [-0.15, -0.1) is 11.8 Å². The summed E-state index contributed by atoms with van der Waals surface area (Å²) in [5, 5.41) is 2.79. The van der Waals surface area contributed by atoms with E-state index in [0.717, 1.165) is 50.3 Å². The van der Waals surface area contributed by atoms with Gasteiger partial charge in [-0.3, -0.25) is 19.4 Å². The molecule has 0 radical (unpaired) electrons. The molecule has 0 bridgehead atoms. The number of nitrogens with one attached hydrogen (secondary N) is 1. The molecule has 1 aliphatic carbocycles. The van der Waals surface area contributed by atoms with Crippen molar-refractivity contribution in [2.75, 3.05) is 45.1 Å². The number of thioether (sulfide) groups is 1. The summed E-state index contributed by atoms with van der Waals surface area (Å²) in [6, 6.07) is 59.5. The average Bonchev–Trinajstić information content (AvgIpc) is 3.80. The van der Waals surface area contributed by atoms with E-state index in [-0.39, 0.29) is 43.9 Å². The van der Waals surface area contributed by atoms with Crippen LogP contribution in [0, 0.1) is 5.92 Å². The van der Waals surface area contributed by atoms with Crippen molar-refractivity contribution in [1.82, 2.24) is 15.2 Å². The van der Waals surface area contributed by atoms with Crippen LogP contribution in [0.25, 0.3) is 11.1 Å². The van der Waals surface area contributed by atoms with Crippen LogP contribution >= 0.6 is 11.8 Å². The number of hydrogen-bond acceptors (Lipinski definition) is 11. The first-order chi connectivity index (χ1) is 37.5. The first-order valence-electron chi connectivity index (χ1n) is 25.9. The Hall–Kier alpha value is -8.00. The van der Waals surface area contributed by atoms with Crippen LogP contribution in [0.4, 0.5) is 10.6 Å². The molecule has 77 heavy (non-hydrogen) atoms. The van der Waals surface area contributed by atoms with Gasteiger partial charge in [0.25, 0.3) is 0 Å². The van der Waals surface area contributed by atoms with Gasteiger partial charge in [-0.1, -0.05) is 178 Å². The number of carbonyl (C=O) groups is 4. The minimum Gasteiger partial charge on any atom is -0.497 e. The third-order valence-electron chi connectivity index (χ3n) is 13.7. The number of methoxy groups -OCH3 is 2. The molecule has 13 heteroatoms. The fraction of sp³-hybridized carbons (Fsp3) is 0.266. The van der Waals surface area contributed by atoms with Gasteiger partial charge in [0.1, 0.15) is 30.3 Å². The predicted octanol–water partition coefficient (Wildman–Crippen LogP) is 11.8. The van der Waals surface area contributed by atoms with E-state index >= 15 is 0 Å². The molecule has 396 valence electrons. The number of aromatic nitrogens is 1. The molecule has 1 aromatic heterocycles. The lowest BCUT2D eigenvalue weighted by Gasteiger charge is -2.35. The smallest absolute Gasteiger partial charge is 0.407 e. The van der Waals surface area contributed by atoms with Crippen molar-refractivity contribution >= 4 is 41.5 Å². The Morgan fingerprint density at radius 3 is 1.83 bits per heavy atom. The summed E-state index contributed by atoms with van der Waals surface area (Å²) < 4.78 is 21.9. The highest BCUT2D eigenvalue weighted by molar-refractivity contribution is 8.00. The topological polar surface area (TPSA) is 137 Å². The monoisotopic (exact) mass is 1050 g/mol. The van der Waals surface area contributed by atoms with Crippen LogP contribution in [0.1, 0.15) is 71.7 Å². The van der Waals surface area contributed by atoms with Crippen molar-refractivity contribution in [3.63, 3.8) is 0 Å². The Morgan fingerprint density at radius 2 is 1.27 bits per heavy atom. The van der Waals surface area contributed by atoms with Crippen LogP contribution in [-0.2, 0) is 46.4 Å². The maximum atomic E-state index is 14.4. The van der Waals surface area contributed by atoms with Crippen molar-refractivity contribution in [2.24, 2.45) is 5.92 Å². The summed E-state index contributed by atoms with van der Waals surface area (Å²) in [5.74, 6) is -0.255. The summed E-state index contributed by atoms with van der Waals surface area (Å²) in [4.78, 5) is 63.1. The summed E-state index contributed by atoms with van der Waals surface area (Å²) in [6.07, 6.45) is 2.30. The molecule has 0 saturated heterocycles. The second-order valence-electron chi connectivity index (χ2n) is 19.2. The van der Waals surface area contributed by atoms with Gasteiger partial charge >= 0.3 is 18.0 Å². The van der Waals surface area contributed by atoms with E-state index in [1.54, 1.807) is 38.1 Å². The highest BCUT2D eigenvalue weighted by atomic mass is 32.2. The predicted molar refractivity (Wildman–Crippen MR) is 304 cm³/mol. The van der Waals surface area contributed by atoms with E-state index < -0.39 is 34.9 Å². The molecule has 0 saturated carbocycles. The van der Waals surface area contributed by atoms with Crippen LogP contribution in [-0.4, -0.2) is 86.1 Å². The number of carbonyl (C=O) groups excluding carboxylic acids is 4. The molecular weight excluding hydrogens is 985 g/mol. The van der Waals surface area contributed by atoms with Crippen molar-refractivity contribution in [1.29, 1.82) is 0 Å². The van der Waals surface area contributed by atoms with E-state index in [9.17, 15) is 19.2 Å². The Labute approximate surface area is 456 Å². The van der Waals surface area contributed by atoms with E-state index in [1.165, 1.54) is 12.0 Å². The molecule has 0 unspecified atom stereocenters. The number of amides is 2. The molecule has 0 spiro atoms. The molecule has 1 heterocycles. The maximum absolute atomic E-state index is 14.4. The van der Waals surface area contributed by atoms with E-state index in [0.29, 0.717) is 30.2 Å². The number of fused-ring (bicyclic) bond motifs is 3. The summed E-state index contributed by atoms with van der Waals surface area (Å²) in [6.45, 7) is 4.43. The molecule has 0 fully saturated rings. The normalized spacial score (nSPS) is 12.9. The van der Waals surface area contributed by atoms with Gasteiger partial charge in [0.05, 0.1) is 37.6 Å². The first-order valence-corrected chi connectivity index (χ1v) is 26.9. The number of benzene rings is 6. The summed E-state index contributed by atoms with van der Waals surface area (Å²) in [5.41, 5.74) is 9.35. The molecule has 7 aromatic rings. The molecule has 12 nitrogen and oxygen atoms in total. The Kier molecular flexibility index (Phi) is 19.1. The number of nitrogens with zero attached hydrogens (tertiary/aromatic N) is 3. The molecule has 8 rings (SSSR count). The van der Waals surface area contributed by atoms with Gasteiger partial charge in [-0.25, -0.2) is 14.6 Å². The zero-order chi connectivity index (χ0) is 54.2. The average molecular weight is 1050 g/mol. The molecule has 1 aliphatic rings. The molecule has 1 N–H and O–H groups in total. The lowest BCUT2D eigenvalue weighted by Crippen LogP contribution is -2.47. The maximum Gasteiger partial charge on any atom is 0.407 e. The van der Waals surface area contributed by atoms with Crippen LogP contribution < -0.4 is 15.0 Å². The number of ether oxygens (including phenoxy) is 4. The lowest BCUT2D eigenvalue weighted by atomic mass is 9.84. The highest BCUT2D eigenvalue weighted by Gasteiger charge is 2.37. The van der Waals surface area contributed by atoms with Gasteiger partial charge in [-0.05, 0) is 92.9 Å². The van der Waals surface area contributed by atoms with Crippen molar-refractivity contribution in [3.8, 4) is 16.9 Å². The minimum atomic E-state index is -1.09. The lowest BCUT2D eigenvalue weighted by molar-refractivity contribution is -0.151. The van der Waals surface area contributed by atoms with Crippen LogP contribution in [0.3, 0.4) is 0 Å². The number of esters is 2. The Bertz CT molecular complexity index is 2960. The summed E-state index contributed by atoms with van der Waals surface area (Å²) in [7, 11) is 4.59. The van der Waals surface area contributed by atoms with Crippen LogP contribution in [0.5, 0.6) is 5.75 Å². The van der Waals surface area contributed by atoms with E-state index in [1.807, 2.05) is 116 Å².